The second-order valence-electron chi connectivity index (χ2n) is 9.14. The molecule has 2 nitrogen and oxygen atoms in total. The Hall–Kier alpha value is -1.70. The van der Waals surface area contributed by atoms with Crippen molar-refractivity contribution in [2.24, 2.45) is 11.8 Å². The molecule has 2 aromatic rings. The Labute approximate surface area is 178 Å². The van der Waals surface area contributed by atoms with Crippen molar-refractivity contribution in [3.63, 3.8) is 0 Å². The number of hydrogen-bond acceptors (Lipinski definition) is 2. The van der Waals surface area contributed by atoms with E-state index in [4.69, 9.17) is 0 Å². The lowest BCUT2D eigenvalue weighted by molar-refractivity contribution is 0.252. The van der Waals surface area contributed by atoms with E-state index in [0.717, 1.165) is 29.6 Å². The van der Waals surface area contributed by atoms with E-state index >= 15 is 0 Å². The molecule has 0 radical (unpaired) electrons. The van der Waals surface area contributed by atoms with E-state index in [1.165, 1.54) is 88.2 Å². The highest BCUT2D eigenvalue weighted by molar-refractivity contribution is 5.55. The fourth-order valence-electron chi connectivity index (χ4n) is 4.80. The molecule has 29 heavy (non-hydrogen) atoms. The summed E-state index contributed by atoms with van der Waals surface area (Å²) in [4.78, 5) is 9.31. The molecular weight excluding hydrogens is 352 g/mol. The smallest absolute Gasteiger partial charge is 0.159 e. The fourth-order valence-corrected chi connectivity index (χ4v) is 4.80. The van der Waals surface area contributed by atoms with E-state index < -0.39 is 0 Å². The molecular formula is C27H40N2. The summed E-state index contributed by atoms with van der Waals surface area (Å²) >= 11 is 0. The predicted octanol–water partition coefficient (Wildman–Crippen LogP) is 7.81. The number of aromatic nitrogens is 2. The number of hydrogen-bond donors (Lipinski definition) is 0. The molecule has 0 N–H and O–H groups in total. The van der Waals surface area contributed by atoms with Gasteiger partial charge in [-0.2, -0.15) is 0 Å². The van der Waals surface area contributed by atoms with Crippen LogP contribution in [-0.2, 0) is 12.8 Å². The van der Waals surface area contributed by atoms with Crippen molar-refractivity contribution in [1.82, 2.24) is 9.97 Å². The lowest BCUT2D eigenvalue weighted by Gasteiger charge is -2.28. The summed E-state index contributed by atoms with van der Waals surface area (Å²) in [5.41, 5.74) is 3.84. The van der Waals surface area contributed by atoms with Gasteiger partial charge in [-0.25, -0.2) is 9.97 Å². The summed E-state index contributed by atoms with van der Waals surface area (Å²) in [7, 11) is 0. The molecule has 1 fully saturated rings. The molecule has 0 spiro atoms. The van der Waals surface area contributed by atoms with Crippen molar-refractivity contribution in [2.75, 3.05) is 0 Å². The van der Waals surface area contributed by atoms with E-state index in [-0.39, 0.29) is 0 Å². The molecule has 1 aromatic carbocycles. The van der Waals surface area contributed by atoms with Gasteiger partial charge in [-0.05, 0) is 48.6 Å². The molecule has 0 unspecified atom stereocenters. The van der Waals surface area contributed by atoms with Gasteiger partial charge in [0.05, 0.1) is 0 Å². The lowest BCUT2D eigenvalue weighted by atomic mass is 9.78. The first kappa shape index (κ1) is 22.0. The number of rotatable bonds is 11. The van der Waals surface area contributed by atoms with Gasteiger partial charge in [0, 0.05) is 18.0 Å². The third-order valence-corrected chi connectivity index (χ3v) is 6.74. The predicted molar refractivity (Wildman–Crippen MR) is 124 cm³/mol. The van der Waals surface area contributed by atoms with Crippen LogP contribution in [0.5, 0.6) is 0 Å². The van der Waals surface area contributed by atoms with Crippen LogP contribution in [0.15, 0.2) is 36.7 Å². The molecule has 2 heteroatoms. The van der Waals surface area contributed by atoms with Crippen molar-refractivity contribution < 1.29 is 0 Å². The highest BCUT2D eigenvalue weighted by Gasteiger charge is 2.20. The van der Waals surface area contributed by atoms with Gasteiger partial charge in [0.15, 0.2) is 5.82 Å². The minimum atomic E-state index is 0.853. The third kappa shape index (κ3) is 7.24. The van der Waals surface area contributed by atoms with Crippen LogP contribution in [0.3, 0.4) is 0 Å². The monoisotopic (exact) mass is 392 g/mol. The zero-order chi connectivity index (χ0) is 20.3. The molecule has 1 saturated carbocycles. The van der Waals surface area contributed by atoms with Crippen LogP contribution in [0.2, 0.25) is 0 Å². The molecule has 0 atom stereocenters. The van der Waals surface area contributed by atoms with Gasteiger partial charge in [0.25, 0.3) is 0 Å². The van der Waals surface area contributed by atoms with E-state index in [1.807, 2.05) is 12.4 Å². The van der Waals surface area contributed by atoms with Gasteiger partial charge in [0.1, 0.15) is 0 Å². The number of nitrogens with zero attached hydrogens (tertiary/aromatic N) is 2. The second-order valence-corrected chi connectivity index (χ2v) is 9.14. The van der Waals surface area contributed by atoms with Gasteiger partial charge in [-0.1, -0.05) is 95.9 Å². The van der Waals surface area contributed by atoms with Crippen molar-refractivity contribution in [3.8, 4) is 11.4 Å². The topological polar surface area (TPSA) is 25.8 Å². The largest absolute Gasteiger partial charge is 0.236 e. The molecule has 1 aromatic heterocycles. The van der Waals surface area contributed by atoms with Crippen molar-refractivity contribution in [3.05, 3.63) is 47.8 Å². The summed E-state index contributed by atoms with van der Waals surface area (Å²) in [6, 6.07) is 8.85. The van der Waals surface area contributed by atoms with Crippen LogP contribution >= 0.6 is 0 Å². The van der Waals surface area contributed by atoms with Crippen molar-refractivity contribution >= 4 is 0 Å². The van der Waals surface area contributed by atoms with Crippen LogP contribution < -0.4 is 0 Å². The van der Waals surface area contributed by atoms with Gasteiger partial charge in [-0.15, -0.1) is 0 Å². The Bertz CT molecular complexity index is 681. The first-order valence-electron chi connectivity index (χ1n) is 12.2. The third-order valence-electron chi connectivity index (χ3n) is 6.74. The average molecular weight is 393 g/mol. The molecule has 1 aliphatic carbocycles. The van der Waals surface area contributed by atoms with Crippen LogP contribution in [-0.4, -0.2) is 9.97 Å². The van der Waals surface area contributed by atoms with Crippen LogP contribution in [0.1, 0.15) is 95.6 Å². The average Bonchev–Trinajstić information content (AvgIpc) is 2.77. The highest BCUT2D eigenvalue weighted by Crippen LogP contribution is 2.33. The van der Waals surface area contributed by atoms with Crippen LogP contribution in [0.25, 0.3) is 11.4 Å². The Morgan fingerprint density at radius 2 is 1.34 bits per heavy atom. The Morgan fingerprint density at radius 3 is 1.97 bits per heavy atom. The maximum Gasteiger partial charge on any atom is 0.159 e. The number of benzene rings is 1. The minimum Gasteiger partial charge on any atom is -0.236 e. The maximum absolute atomic E-state index is 4.65. The van der Waals surface area contributed by atoms with E-state index in [0.29, 0.717) is 0 Å². The Kier molecular flexibility index (Phi) is 9.18. The van der Waals surface area contributed by atoms with E-state index in [9.17, 15) is 0 Å². The lowest BCUT2D eigenvalue weighted by Crippen LogP contribution is -2.15. The Morgan fingerprint density at radius 1 is 0.690 bits per heavy atom. The van der Waals surface area contributed by atoms with E-state index in [2.05, 4.69) is 48.1 Å². The van der Waals surface area contributed by atoms with Gasteiger partial charge < -0.3 is 0 Å². The quantitative estimate of drug-likeness (QED) is 0.364. The molecule has 0 saturated heterocycles. The molecule has 0 amide bonds. The maximum atomic E-state index is 4.65. The molecule has 1 aliphatic rings. The minimum absolute atomic E-state index is 0.853. The normalized spacial score (nSPS) is 19.4. The highest BCUT2D eigenvalue weighted by atomic mass is 14.9. The summed E-state index contributed by atoms with van der Waals surface area (Å²) in [5, 5.41) is 0. The van der Waals surface area contributed by atoms with Crippen molar-refractivity contribution in [2.45, 2.75) is 97.3 Å². The zero-order valence-corrected chi connectivity index (χ0v) is 18.7. The summed E-state index contributed by atoms with van der Waals surface area (Å²) < 4.78 is 0. The van der Waals surface area contributed by atoms with Crippen LogP contribution in [0.4, 0.5) is 0 Å². The van der Waals surface area contributed by atoms with E-state index in [1.54, 1.807) is 0 Å². The van der Waals surface area contributed by atoms with Gasteiger partial charge in [-0.3, -0.25) is 0 Å². The summed E-state index contributed by atoms with van der Waals surface area (Å²) in [6.45, 7) is 4.58. The fraction of sp³-hybridized carbons (Fsp3) is 0.630. The summed E-state index contributed by atoms with van der Waals surface area (Å²) in [5.74, 6) is 2.76. The molecule has 0 bridgehead atoms. The first-order valence-corrected chi connectivity index (χ1v) is 12.2. The summed E-state index contributed by atoms with van der Waals surface area (Å²) in [6.07, 6.45) is 21.5. The standard InChI is InChI=1S/C27H40N2/c1-3-5-6-7-9-23-16-18-26(19-17-23)27-28-20-25(21-29-27)15-14-24-12-10-22(8-4-2)11-13-24/h16-22,24H,3-15H2,1-2H3. The molecule has 3 rings (SSSR count). The zero-order valence-electron chi connectivity index (χ0n) is 18.7. The molecule has 1 heterocycles. The number of unbranched alkanes of at least 4 members (excludes halogenated alkanes) is 3. The SMILES string of the molecule is CCCCCCc1ccc(-c2ncc(CCC3CCC(CCC)CC3)cn2)cc1. The van der Waals surface area contributed by atoms with Crippen molar-refractivity contribution in [1.29, 1.82) is 0 Å². The second kappa shape index (κ2) is 12.1. The van der Waals surface area contributed by atoms with Gasteiger partial charge >= 0.3 is 0 Å². The number of aryl methyl sites for hydroxylation is 2. The first-order chi connectivity index (χ1) is 14.3. The van der Waals surface area contributed by atoms with Crippen LogP contribution in [0, 0.1) is 11.8 Å². The molecule has 0 aliphatic heterocycles. The Balaban J connectivity index is 1.44. The molecule has 158 valence electrons. The van der Waals surface area contributed by atoms with Gasteiger partial charge in [0.2, 0.25) is 0 Å².